The molecule has 0 spiro atoms. The lowest BCUT2D eigenvalue weighted by Crippen LogP contribution is -2.25. The Labute approximate surface area is 117 Å². The number of benzene rings is 1. The molecule has 0 atom stereocenters. The fraction of sp³-hybridized carbons (Fsp3) is 0.231. The summed E-state index contributed by atoms with van der Waals surface area (Å²) in [5.74, 6) is -1.81. The maximum atomic E-state index is 13.5. The molecule has 0 unspecified atom stereocenters. The zero-order chi connectivity index (χ0) is 15.0. The summed E-state index contributed by atoms with van der Waals surface area (Å²) in [4.78, 5) is 12.2. The fourth-order valence-corrected chi connectivity index (χ4v) is 2.09. The highest BCUT2D eigenvalue weighted by atomic mass is 19.2. The Morgan fingerprint density at radius 1 is 1.29 bits per heavy atom. The quantitative estimate of drug-likeness (QED) is 0.723. The Kier molecular flexibility index (Phi) is 3.20. The van der Waals surface area contributed by atoms with Crippen molar-refractivity contribution in [2.45, 2.75) is 13.0 Å². The highest BCUT2D eigenvalue weighted by molar-refractivity contribution is 5.72. The zero-order valence-corrected chi connectivity index (χ0v) is 11.1. The molecule has 0 fully saturated rings. The second kappa shape index (κ2) is 5.04. The minimum Gasteiger partial charge on any atom is -0.267 e. The van der Waals surface area contributed by atoms with Gasteiger partial charge in [-0.2, -0.15) is 5.10 Å². The van der Waals surface area contributed by atoms with Crippen molar-refractivity contribution in [1.29, 1.82) is 0 Å². The van der Waals surface area contributed by atoms with E-state index >= 15 is 0 Å². The normalized spacial score (nSPS) is 11.2. The van der Waals surface area contributed by atoms with Gasteiger partial charge < -0.3 is 0 Å². The van der Waals surface area contributed by atoms with E-state index < -0.39 is 11.6 Å². The predicted octanol–water partition coefficient (Wildman–Crippen LogP) is 1.05. The average molecular weight is 291 g/mol. The lowest BCUT2D eigenvalue weighted by molar-refractivity contribution is 0.485. The minimum absolute atomic E-state index is 0.108. The summed E-state index contributed by atoms with van der Waals surface area (Å²) < 4.78 is 29.2. The molecule has 0 bridgehead atoms. The summed E-state index contributed by atoms with van der Waals surface area (Å²) >= 11 is 0. The van der Waals surface area contributed by atoms with Crippen molar-refractivity contribution in [2.75, 3.05) is 0 Å². The number of hydrogen-bond donors (Lipinski definition) is 0. The molecular weight excluding hydrogens is 280 g/mol. The molecule has 3 rings (SSSR count). The smallest absolute Gasteiger partial charge is 0.267 e. The van der Waals surface area contributed by atoms with Crippen LogP contribution in [0.25, 0.3) is 11.0 Å². The molecule has 3 aromatic rings. The summed E-state index contributed by atoms with van der Waals surface area (Å²) in [6, 6.07) is 3.94. The number of hydrogen-bond acceptors (Lipinski definition) is 4. The molecule has 6 nitrogen and oxygen atoms in total. The molecule has 0 amide bonds. The van der Waals surface area contributed by atoms with E-state index in [4.69, 9.17) is 0 Å². The van der Waals surface area contributed by atoms with E-state index in [0.717, 1.165) is 10.7 Å². The molecule has 0 aliphatic rings. The Hall–Kier alpha value is -2.64. The molecule has 108 valence electrons. The van der Waals surface area contributed by atoms with E-state index in [0.29, 0.717) is 11.0 Å². The van der Waals surface area contributed by atoms with Crippen LogP contribution in [0.1, 0.15) is 5.56 Å². The molecule has 0 radical (unpaired) electrons. The molecule has 8 heteroatoms. The first kappa shape index (κ1) is 13.3. The zero-order valence-electron chi connectivity index (χ0n) is 11.1. The summed E-state index contributed by atoms with van der Waals surface area (Å²) in [7, 11) is 1.66. The van der Waals surface area contributed by atoms with Crippen molar-refractivity contribution in [3.8, 4) is 0 Å². The number of aromatic nitrogens is 5. The third-order valence-corrected chi connectivity index (χ3v) is 3.24. The van der Waals surface area contributed by atoms with Crippen LogP contribution in [0.15, 0.2) is 29.2 Å². The van der Waals surface area contributed by atoms with Crippen molar-refractivity contribution in [3.05, 3.63) is 51.9 Å². The molecule has 0 saturated carbocycles. The van der Waals surface area contributed by atoms with E-state index in [-0.39, 0.29) is 24.1 Å². The van der Waals surface area contributed by atoms with Gasteiger partial charge in [0, 0.05) is 7.05 Å². The Balaban J connectivity index is 1.90. The van der Waals surface area contributed by atoms with Gasteiger partial charge in [-0.15, -0.1) is 5.10 Å². The van der Waals surface area contributed by atoms with Crippen LogP contribution < -0.4 is 5.56 Å². The maximum absolute atomic E-state index is 13.5. The minimum atomic E-state index is -0.909. The third kappa shape index (κ3) is 2.28. The molecule has 1 aromatic carbocycles. The second-order valence-corrected chi connectivity index (χ2v) is 4.59. The van der Waals surface area contributed by atoms with Crippen molar-refractivity contribution in [2.24, 2.45) is 7.05 Å². The number of rotatable bonds is 3. The van der Waals surface area contributed by atoms with Crippen LogP contribution in [0, 0.1) is 11.6 Å². The summed E-state index contributed by atoms with van der Waals surface area (Å²) in [6.07, 6.45) is 1.55. The van der Waals surface area contributed by atoms with E-state index in [1.165, 1.54) is 23.0 Å². The average Bonchev–Trinajstić information content (AvgIpc) is 2.85. The Morgan fingerprint density at radius 2 is 2.10 bits per heavy atom. The summed E-state index contributed by atoms with van der Waals surface area (Å²) in [5, 5.41) is 12.0. The lowest BCUT2D eigenvalue weighted by Gasteiger charge is -2.05. The standard InChI is InChI=1S/C13H11F2N5O/c1-19-12-9(7-16-19)13(21)20(18-17-12)6-5-8-3-2-4-10(14)11(8)15/h2-4,7H,5-6H2,1H3. The topological polar surface area (TPSA) is 65.6 Å². The molecule has 2 heterocycles. The molecular formula is C13H11F2N5O. The number of aryl methyl sites for hydroxylation is 3. The Morgan fingerprint density at radius 3 is 2.90 bits per heavy atom. The van der Waals surface area contributed by atoms with Crippen LogP contribution in [-0.4, -0.2) is 24.8 Å². The van der Waals surface area contributed by atoms with Crippen LogP contribution in [0.3, 0.4) is 0 Å². The van der Waals surface area contributed by atoms with Gasteiger partial charge in [-0.3, -0.25) is 4.79 Å². The molecule has 0 N–H and O–H groups in total. The van der Waals surface area contributed by atoms with E-state index in [2.05, 4.69) is 15.4 Å². The largest absolute Gasteiger partial charge is 0.280 e. The third-order valence-electron chi connectivity index (χ3n) is 3.24. The van der Waals surface area contributed by atoms with Gasteiger partial charge in [-0.25, -0.2) is 18.1 Å². The Bertz CT molecular complexity index is 871. The van der Waals surface area contributed by atoms with Gasteiger partial charge in [0.2, 0.25) is 0 Å². The van der Waals surface area contributed by atoms with E-state index in [9.17, 15) is 13.6 Å². The van der Waals surface area contributed by atoms with Gasteiger partial charge in [-0.05, 0) is 18.1 Å². The van der Waals surface area contributed by atoms with Crippen molar-refractivity contribution in [3.63, 3.8) is 0 Å². The highest BCUT2D eigenvalue weighted by Crippen LogP contribution is 2.12. The summed E-state index contributed by atoms with van der Waals surface area (Å²) in [6.45, 7) is 0.108. The van der Waals surface area contributed by atoms with Gasteiger partial charge >= 0.3 is 0 Å². The van der Waals surface area contributed by atoms with Crippen molar-refractivity contribution < 1.29 is 8.78 Å². The predicted molar refractivity (Wildman–Crippen MR) is 70.6 cm³/mol. The first-order chi connectivity index (χ1) is 10.1. The lowest BCUT2D eigenvalue weighted by atomic mass is 10.1. The highest BCUT2D eigenvalue weighted by Gasteiger charge is 2.11. The first-order valence-electron chi connectivity index (χ1n) is 6.26. The second-order valence-electron chi connectivity index (χ2n) is 4.59. The molecule has 21 heavy (non-hydrogen) atoms. The van der Waals surface area contributed by atoms with Crippen molar-refractivity contribution >= 4 is 11.0 Å². The fourth-order valence-electron chi connectivity index (χ4n) is 2.09. The number of nitrogens with zero attached hydrogens (tertiary/aromatic N) is 5. The van der Waals surface area contributed by atoms with Crippen LogP contribution in [0.5, 0.6) is 0 Å². The van der Waals surface area contributed by atoms with Gasteiger partial charge in [0.15, 0.2) is 17.3 Å². The van der Waals surface area contributed by atoms with Gasteiger partial charge in [0.1, 0.15) is 5.39 Å². The van der Waals surface area contributed by atoms with Gasteiger partial charge in [0.05, 0.1) is 12.7 Å². The number of fused-ring (bicyclic) bond motifs is 1. The monoisotopic (exact) mass is 291 g/mol. The van der Waals surface area contributed by atoms with E-state index in [1.54, 1.807) is 7.05 Å². The van der Waals surface area contributed by atoms with Crippen LogP contribution in [0.2, 0.25) is 0 Å². The maximum Gasteiger partial charge on any atom is 0.280 e. The SMILES string of the molecule is Cn1ncc2c(=O)n(CCc3cccc(F)c3F)nnc21. The van der Waals surface area contributed by atoms with Gasteiger partial charge in [0.25, 0.3) is 5.56 Å². The number of halogens is 2. The van der Waals surface area contributed by atoms with Crippen LogP contribution >= 0.6 is 0 Å². The molecule has 0 aliphatic heterocycles. The first-order valence-corrected chi connectivity index (χ1v) is 6.26. The molecule has 2 aromatic heterocycles. The van der Waals surface area contributed by atoms with Crippen LogP contribution in [0.4, 0.5) is 8.78 Å². The van der Waals surface area contributed by atoms with Crippen molar-refractivity contribution in [1.82, 2.24) is 24.8 Å². The van der Waals surface area contributed by atoms with E-state index in [1.807, 2.05) is 0 Å². The summed E-state index contributed by atoms with van der Waals surface area (Å²) in [5.41, 5.74) is 0.216. The molecule has 0 aliphatic carbocycles. The van der Waals surface area contributed by atoms with Crippen LogP contribution in [-0.2, 0) is 20.0 Å². The molecule has 0 saturated heterocycles. The van der Waals surface area contributed by atoms with Gasteiger partial charge in [-0.1, -0.05) is 17.3 Å².